The van der Waals surface area contributed by atoms with Crippen LogP contribution in [0.4, 0.5) is 0 Å². The molecular weight excluding hydrogens is 328 g/mol. The molecule has 1 atom stereocenters. The van der Waals surface area contributed by atoms with Crippen molar-refractivity contribution >= 4 is 17.4 Å². The molecule has 0 bridgehead atoms. The van der Waals surface area contributed by atoms with E-state index in [1.807, 2.05) is 12.1 Å². The highest BCUT2D eigenvalue weighted by Gasteiger charge is 2.49. The first-order chi connectivity index (χ1) is 12.7. The first-order valence-electron chi connectivity index (χ1n) is 8.95. The Morgan fingerprint density at radius 1 is 1.00 bits per heavy atom. The summed E-state index contributed by atoms with van der Waals surface area (Å²) in [5, 5.41) is 10.9. The lowest BCUT2D eigenvalue weighted by Crippen LogP contribution is -2.37. The highest BCUT2D eigenvalue weighted by Crippen LogP contribution is 2.42. The van der Waals surface area contributed by atoms with E-state index in [9.17, 15) is 14.7 Å². The molecule has 132 valence electrons. The number of carbonyl (C=O) groups excluding carboxylic acids is 2. The smallest absolute Gasteiger partial charge is 0.295 e. The monoisotopic (exact) mass is 348 g/mol. The molecule has 1 aromatic heterocycles. The zero-order valence-electron chi connectivity index (χ0n) is 14.3. The largest absolute Gasteiger partial charge is 0.507 e. The molecular formula is C21H20N2O3. The number of nitrogens with zero attached hydrogens (tertiary/aromatic N) is 2. The van der Waals surface area contributed by atoms with Gasteiger partial charge in [0.05, 0.1) is 11.3 Å². The Balaban J connectivity index is 1.88. The highest BCUT2D eigenvalue weighted by molar-refractivity contribution is 6.46. The van der Waals surface area contributed by atoms with E-state index in [1.165, 1.54) is 0 Å². The molecule has 1 unspecified atom stereocenters. The zero-order valence-corrected chi connectivity index (χ0v) is 14.3. The summed E-state index contributed by atoms with van der Waals surface area (Å²) in [5.41, 5.74) is 1.26. The molecule has 1 aliphatic carbocycles. The molecule has 2 aliphatic rings. The van der Waals surface area contributed by atoms with Gasteiger partial charge in [-0.25, -0.2) is 0 Å². The summed E-state index contributed by atoms with van der Waals surface area (Å²) in [4.78, 5) is 31.7. The highest BCUT2D eigenvalue weighted by atomic mass is 16.3. The Hall–Kier alpha value is -2.95. The fourth-order valence-electron chi connectivity index (χ4n) is 3.99. The predicted molar refractivity (Wildman–Crippen MR) is 97.1 cm³/mol. The minimum Gasteiger partial charge on any atom is -0.507 e. The van der Waals surface area contributed by atoms with Crippen LogP contribution in [-0.2, 0) is 9.59 Å². The van der Waals surface area contributed by atoms with Gasteiger partial charge in [-0.05, 0) is 25.0 Å². The second kappa shape index (κ2) is 6.75. The lowest BCUT2D eigenvalue weighted by atomic mass is 9.97. The molecule has 2 aromatic rings. The molecule has 1 saturated heterocycles. The van der Waals surface area contributed by atoms with Gasteiger partial charge >= 0.3 is 0 Å². The summed E-state index contributed by atoms with van der Waals surface area (Å²) < 4.78 is 0. The molecule has 2 fully saturated rings. The summed E-state index contributed by atoms with van der Waals surface area (Å²) in [6.45, 7) is 0. The van der Waals surface area contributed by atoms with Gasteiger partial charge in [0.15, 0.2) is 0 Å². The predicted octanol–water partition coefficient (Wildman–Crippen LogP) is 3.45. The van der Waals surface area contributed by atoms with E-state index in [0.717, 1.165) is 25.7 Å². The third-order valence-corrected chi connectivity index (χ3v) is 5.21. The van der Waals surface area contributed by atoms with Crippen LogP contribution < -0.4 is 0 Å². The fourth-order valence-corrected chi connectivity index (χ4v) is 3.99. The average Bonchev–Trinajstić information content (AvgIpc) is 3.30. The average molecular weight is 348 g/mol. The number of aliphatic hydroxyl groups excluding tert-OH is 1. The van der Waals surface area contributed by atoms with Crippen molar-refractivity contribution in [2.24, 2.45) is 0 Å². The SMILES string of the molecule is O=C1C(=O)N(C2CCCC2)C(c2ccccn2)/C1=C(/O)c1ccccc1. The number of rotatable bonds is 3. The van der Waals surface area contributed by atoms with Crippen LogP contribution in [0.3, 0.4) is 0 Å². The molecule has 1 aliphatic heterocycles. The quantitative estimate of drug-likeness (QED) is 0.524. The third kappa shape index (κ3) is 2.69. The van der Waals surface area contributed by atoms with Gasteiger partial charge < -0.3 is 10.0 Å². The summed E-state index contributed by atoms with van der Waals surface area (Å²) in [6, 6.07) is 13.7. The molecule has 26 heavy (non-hydrogen) atoms. The Bertz CT molecular complexity index is 855. The number of hydrogen-bond donors (Lipinski definition) is 1. The summed E-state index contributed by atoms with van der Waals surface area (Å²) in [5.74, 6) is -1.31. The van der Waals surface area contributed by atoms with Crippen LogP contribution in [0, 0.1) is 0 Å². The van der Waals surface area contributed by atoms with Gasteiger partial charge in [0.25, 0.3) is 11.7 Å². The van der Waals surface area contributed by atoms with E-state index < -0.39 is 17.7 Å². The summed E-state index contributed by atoms with van der Waals surface area (Å²) in [6.07, 6.45) is 5.48. The van der Waals surface area contributed by atoms with Gasteiger partial charge in [-0.1, -0.05) is 49.2 Å². The molecule has 1 N–H and O–H groups in total. The maximum Gasteiger partial charge on any atom is 0.295 e. The third-order valence-electron chi connectivity index (χ3n) is 5.21. The van der Waals surface area contributed by atoms with Gasteiger partial charge in [-0.15, -0.1) is 0 Å². The van der Waals surface area contributed by atoms with Crippen molar-refractivity contribution in [1.29, 1.82) is 0 Å². The van der Waals surface area contributed by atoms with Crippen molar-refractivity contribution in [2.75, 3.05) is 0 Å². The Labute approximate surface area is 152 Å². The zero-order chi connectivity index (χ0) is 18.1. The minimum absolute atomic E-state index is 0.0135. The number of ketones is 1. The van der Waals surface area contributed by atoms with Crippen molar-refractivity contribution in [2.45, 2.75) is 37.8 Å². The van der Waals surface area contributed by atoms with Gasteiger partial charge in [0, 0.05) is 17.8 Å². The maximum atomic E-state index is 12.8. The molecule has 1 saturated carbocycles. The number of aliphatic hydroxyl groups is 1. The van der Waals surface area contributed by atoms with Crippen LogP contribution in [0.25, 0.3) is 5.76 Å². The molecule has 4 rings (SSSR count). The molecule has 0 radical (unpaired) electrons. The van der Waals surface area contributed by atoms with Crippen LogP contribution in [-0.4, -0.2) is 32.7 Å². The number of aromatic nitrogens is 1. The standard InChI is InChI=1S/C21H20N2O3/c24-19(14-8-2-1-3-9-14)17-18(16-12-6-7-13-22-16)23(21(26)20(17)25)15-10-4-5-11-15/h1-3,6-9,12-13,15,18,24H,4-5,10-11H2/b19-17-. The van der Waals surface area contributed by atoms with Crippen LogP contribution >= 0.6 is 0 Å². The van der Waals surface area contributed by atoms with Gasteiger partial charge in [-0.3, -0.25) is 14.6 Å². The number of hydrogen-bond acceptors (Lipinski definition) is 4. The summed E-state index contributed by atoms with van der Waals surface area (Å²) in [7, 11) is 0. The first kappa shape index (κ1) is 16.5. The number of pyridine rings is 1. The molecule has 0 spiro atoms. The Morgan fingerprint density at radius 3 is 2.35 bits per heavy atom. The maximum absolute atomic E-state index is 12.8. The van der Waals surface area contributed by atoms with Gasteiger partial charge in [0.1, 0.15) is 11.8 Å². The van der Waals surface area contributed by atoms with Crippen molar-refractivity contribution in [3.8, 4) is 0 Å². The topological polar surface area (TPSA) is 70.5 Å². The van der Waals surface area contributed by atoms with Crippen LogP contribution in [0.5, 0.6) is 0 Å². The molecule has 5 heteroatoms. The lowest BCUT2D eigenvalue weighted by molar-refractivity contribution is -0.141. The normalized spacial score (nSPS) is 22.9. The van der Waals surface area contributed by atoms with E-state index in [2.05, 4.69) is 4.98 Å². The first-order valence-corrected chi connectivity index (χ1v) is 8.95. The second-order valence-corrected chi connectivity index (χ2v) is 6.77. The van der Waals surface area contributed by atoms with E-state index >= 15 is 0 Å². The Morgan fingerprint density at radius 2 is 1.69 bits per heavy atom. The number of amides is 1. The van der Waals surface area contributed by atoms with Gasteiger partial charge in [0.2, 0.25) is 0 Å². The van der Waals surface area contributed by atoms with E-state index in [0.29, 0.717) is 11.3 Å². The van der Waals surface area contributed by atoms with Gasteiger partial charge in [-0.2, -0.15) is 0 Å². The van der Waals surface area contributed by atoms with Crippen LogP contribution in [0.1, 0.15) is 43.0 Å². The Kier molecular flexibility index (Phi) is 4.29. The van der Waals surface area contributed by atoms with Crippen molar-refractivity contribution in [3.05, 3.63) is 71.6 Å². The number of Topliss-reactive ketones (excluding diaryl/α,β-unsaturated/α-hetero) is 1. The van der Waals surface area contributed by atoms with Crippen molar-refractivity contribution in [1.82, 2.24) is 9.88 Å². The van der Waals surface area contributed by atoms with Crippen LogP contribution in [0.2, 0.25) is 0 Å². The van der Waals surface area contributed by atoms with E-state index in [1.54, 1.807) is 47.5 Å². The van der Waals surface area contributed by atoms with Crippen molar-refractivity contribution in [3.63, 3.8) is 0 Å². The molecule has 1 amide bonds. The van der Waals surface area contributed by atoms with E-state index in [-0.39, 0.29) is 17.4 Å². The summed E-state index contributed by atoms with van der Waals surface area (Å²) >= 11 is 0. The number of carbonyl (C=O) groups is 2. The lowest BCUT2D eigenvalue weighted by Gasteiger charge is -2.30. The van der Waals surface area contributed by atoms with E-state index in [4.69, 9.17) is 0 Å². The van der Waals surface area contributed by atoms with Crippen LogP contribution in [0.15, 0.2) is 60.3 Å². The number of likely N-dealkylation sites (tertiary alicyclic amines) is 1. The number of benzene rings is 1. The minimum atomic E-state index is -0.639. The molecule has 5 nitrogen and oxygen atoms in total. The second-order valence-electron chi connectivity index (χ2n) is 6.77. The van der Waals surface area contributed by atoms with Crippen molar-refractivity contribution < 1.29 is 14.7 Å². The fraction of sp³-hybridized carbons (Fsp3) is 0.286. The molecule has 2 heterocycles. The molecule has 1 aromatic carbocycles.